The number of rotatable bonds is 0. The Balaban J connectivity index is 2.66. The average molecular weight is 216 g/mol. The maximum absolute atomic E-state index is 9.17. The number of nitrogens with zero attached hydrogens (tertiary/aromatic N) is 3. The fraction of sp³-hybridized carbons (Fsp3) is 0.600. The van der Waals surface area contributed by atoms with E-state index >= 15 is 0 Å². The van der Waals surface area contributed by atoms with E-state index in [-0.39, 0.29) is 18.9 Å². The van der Waals surface area contributed by atoms with Gasteiger partial charge in [-0.25, -0.2) is 0 Å². The molecule has 3 aliphatic rings. The Hall–Kier alpha value is -2.10. The molecule has 0 aromatic rings. The van der Waals surface area contributed by atoms with Crippen LogP contribution in [0, 0.1) is 50.2 Å². The second-order valence-electron chi connectivity index (χ2n) is 4.18. The summed E-state index contributed by atoms with van der Waals surface area (Å²) in [4.78, 5) is 0. The molecule has 3 saturated heterocycles. The number of hydrogen-bond acceptors (Lipinski definition) is 6. The van der Waals surface area contributed by atoms with Gasteiger partial charge in [0.15, 0.2) is 10.8 Å². The Morgan fingerprint density at radius 1 is 1.25 bits per heavy atom. The molecule has 16 heavy (non-hydrogen) atoms. The minimum Gasteiger partial charge on any atom is -0.448 e. The van der Waals surface area contributed by atoms with Crippen LogP contribution in [0.5, 0.6) is 0 Å². The number of nitriles is 3. The molecule has 2 bridgehead atoms. The third kappa shape index (κ3) is 0.888. The molecule has 1 N–H and O–H groups in total. The molecule has 3 rings (SSSR count). The molecule has 3 heterocycles. The maximum atomic E-state index is 9.17. The van der Waals surface area contributed by atoms with E-state index in [4.69, 9.17) is 30.7 Å². The molecule has 6 nitrogen and oxygen atoms in total. The van der Waals surface area contributed by atoms with E-state index < -0.39 is 16.6 Å². The van der Waals surface area contributed by atoms with Gasteiger partial charge in [-0.3, -0.25) is 5.41 Å². The summed E-state index contributed by atoms with van der Waals surface area (Å²) in [6.07, 6.45) is -0.0249. The van der Waals surface area contributed by atoms with E-state index in [0.29, 0.717) is 0 Å². The van der Waals surface area contributed by atoms with Crippen LogP contribution in [0.25, 0.3) is 0 Å². The lowest BCUT2D eigenvalue weighted by molar-refractivity contribution is -0.272. The minimum atomic E-state index is -1.60. The molecule has 0 spiro atoms. The van der Waals surface area contributed by atoms with Crippen molar-refractivity contribution < 1.29 is 9.47 Å². The van der Waals surface area contributed by atoms with E-state index in [9.17, 15) is 0 Å². The monoisotopic (exact) mass is 216 g/mol. The van der Waals surface area contributed by atoms with E-state index in [1.54, 1.807) is 6.92 Å². The predicted octanol–water partition coefficient (Wildman–Crippen LogP) is 0.674. The third-order valence-electron chi connectivity index (χ3n) is 3.19. The summed E-state index contributed by atoms with van der Waals surface area (Å²) in [5.41, 5.74) is -3.17. The fourth-order valence-corrected chi connectivity index (χ4v) is 2.17. The first-order chi connectivity index (χ1) is 7.47. The maximum Gasteiger partial charge on any atom is 0.211 e. The van der Waals surface area contributed by atoms with Crippen LogP contribution in [0.2, 0.25) is 0 Å². The van der Waals surface area contributed by atoms with Gasteiger partial charge in [-0.2, -0.15) is 15.8 Å². The summed E-state index contributed by atoms with van der Waals surface area (Å²) in [7, 11) is 0. The quantitative estimate of drug-likeness (QED) is 0.639. The lowest BCUT2D eigenvalue weighted by Crippen LogP contribution is -2.65. The summed E-state index contributed by atoms with van der Waals surface area (Å²) in [5.74, 6) is -1.50. The van der Waals surface area contributed by atoms with Crippen molar-refractivity contribution in [3.8, 4) is 18.2 Å². The summed E-state index contributed by atoms with van der Waals surface area (Å²) in [6.45, 7) is 1.41. The second-order valence-corrected chi connectivity index (χ2v) is 4.18. The van der Waals surface area contributed by atoms with Gasteiger partial charge < -0.3 is 9.47 Å². The molecule has 80 valence electrons. The van der Waals surface area contributed by atoms with E-state index in [0.717, 1.165) is 0 Å². The summed E-state index contributed by atoms with van der Waals surface area (Å²) in [5, 5.41) is 35.2. The second kappa shape index (κ2) is 2.72. The molecule has 0 aromatic carbocycles. The van der Waals surface area contributed by atoms with Gasteiger partial charge in [-0.1, -0.05) is 0 Å². The molecule has 3 fully saturated rings. The lowest BCUT2D eigenvalue weighted by atomic mass is 9.59. The van der Waals surface area contributed by atoms with Crippen molar-refractivity contribution in [3.63, 3.8) is 0 Å². The van der Waals surface area contributed by atoms with Crippen LogP contribution < -0.4 is 0 Å². The first-order valence-electron chi connectivity index (χ1n) is 4.63. The number of ether oxygens (including phenoxy) is 2. The van der Waals surface area contributed by atoms with Gasteiger partial charge in [-0.15, -0.1) is 0 Å². The highest BCUT2D eigenvalue weighted by Gasteiger charge is 2.70. The Morgan fingerprint density at radius 3 is 2.31 bits per heavy atom. The Bertz CT molecular complexity index is 480. The van der Waals surface area contributed by atoms with Gasteiger partial charge >= 0.3 is 0 Å². The minimum absolute atomic E-state index is 0.0249. The Labute approximate surface area is 92.1 Å². The highest BCUT2D eigenvalue weighted by Crippen LogP contribution is 2.55. The van der Waals surface area contributed by atoms with Crippen LogP contribution in [0.4, 0.5) is 0 Å². The molecule has 0 amide bonds. The third-order valence-corrected chi connectivity index (χ3v) is 3.19. The van der Waals surface area contributed by atoms with Gasteiger partial charge in [0.1, 0.15) is 0 Å². The normalized spacial score (nSPS) is 39.0. The fourth-order valence-electron chi connectivity index (χ4n) is 2.17. The molecular formula is C10H8N4O2. The zero-order chi connectivity index (χ0) is 12.0. The molecule has 0 unspecified atom stereocenters. The molecule has 6 heteroatoms. The van der Waals surface area contributed by atoms with Gasteiger partial charge in [0.05, 0.1) is 24.8 Å². The van der Waals surface area contributed by atoms with Crippen LogP contribution in [0.3, 0.4) is 0 Å². The molecular weight excluding hydrogens is 208 g/mol. The Kier molecular flexibility index (Phi) is 1.77. The smallest absolute Gasteiger partial charge is 0.211 e. The van der Waals surface area contributed by atoms with Crippen LogP contribution in [0.1, 0.15) is 13.3 Å². The van der Waals surface area contributed by atoms with Crippen LogP contribution in [-0.2, 0) is 9.47 Å². The highest BCUT2D eigenvalue weighted by atomic mass is 16.7. The van der Waals surface area contributed by atoms with E-state index in [1.165, 1.54) is 0 Å². The van der Waals surface area contributed by atoms with Crippen molar-refractivity contribution in [1.82, 2.24) is 0 Å². The van der Waals surface area contributed by atoms with Crippen molar-refractivity contribution in [2.75, 3.05) is 6.61 Å². The van der Waals surface area contributed by atoms with Crippen LogP contribution in [-0.4, -0.2) is 18.3 Å². The first-order valence-corrected chi connectivity index (χ1v) is 4.63. The molecule has 0 aliphatic carbocycles. The standard InChI is InChI=1S/C10H8N4O2/c1-8-2-9(3-11,4-12)10(5-13,6-15-8)7(14)16-8/h14H,2,6H2,1H3/t8-,10-/m0/s1. The van der Waals surface area contributed by atoms with Crippen molar-refractivity contribution in [2.45, 2.75) is 19.1 Å². The molecule has 0 radical (unpaired) electrons. The van der Waals surface area contributed by atoms with Crippen molar-refractivity contribution in [2.24, 2.45) is 10.8 Å². The average Bonchev–Trinajstić information content (AvgIpc) is 2.28. The van der Waals surface area contributed by atoms with E-state index in [2.05, 4.69) is 0 Å². The molecule has 3 aliphatic heterocycles. The van der Waals surface area contributed by atoms with Crippen LogP contribution >= 0.6 is 0 Å². The topological polar surface area (TPSA) is 114 Å². The lowest BCUT2D eigenvalue weighted by Gasteiger charge is -2.53. The van der Waals surface area contributed by atoms with Gasteiger partial charge in [0, 0.05) is 13.3 Å². The zero-order valence-electron chi connectivity index (χ0n) is 8.57. The summed E-state index contributed by atoms with van der Waals surface area (Å²) >= 11 is 0. The number of nitrogens with one attached hydrogen (secondary N) is 1. The molecule has 0 aromatic heterocycles. The first kappa shape index (κ1) is 10.4. The van der Waals surface area contributed by atoms with Gasteiger partial charge in [0.2, 0.25) is 11.7 Å². The number of fused-ring (bicyclic) bond motifs is 3. The molecule has 0 saturated carbocycles. The SMILES string of the molecule is C[C@]12CC(C#N)(C#N)[C@@](C#N)(CO1)C(=N)O2. The summed E-state index contributed by atoms with van der Waals surface area (Å²) in [6, 6.07) is 5.57. The van der Waals surface area contributed by atoms with Crippen molar-refractivity contribution in [1.29, 1.82) is 21.2 Å². The van der Waals surface area contributed by atoms with Gasteiger partial charge in [-0.05, 0) is 0 Å². The summed E-state index contributed by atoms with van der Waals surface area (Å²) < 4.78 is 10.5. The van der Waals surface area contributed by atoms with E-state index in [1.807, 2.05) is 18.2 Å². The number of hydrogen-bond donors (Lipinski definition) is 1. The largest absolute Gasteiger partial charge is 0.448 e. The predicted molar refractivity (Wildman–Crippen MR) is 49.5 cm³/mol. The molecule has 2 atom stereocenters. The highest BCUT2D eigenvalue weighted by molar-refractivity contribution is 5.87. The Morgan fingerprint density at radius 2 is 1.88 bits per heavy atom. The van der Waals surface area contributed by atoms with Gasteiger partial charge in [0.25, 0.3) is 0 Å². The zero-order valence-corrected chi connectivity index (χ0v) is 8.57. The van der Waals surface area contributed by atoms with Crippen LogP contribution in [0.15, 0.2) is 0 Å². The van der Waals surface area contributed by atoms with Crippen molar-refractivity contribution in [3.05, 3.63) is 0 Å². The van der Waals surface area contributed by atoms with Crippen molar-refractivity contribution >= 4 is 5.90 Å².